The summed E-state index contributed by atoms with van der Waals surface area (Å²) in [4.78, 5) is 18.0. The molecule has 4 aromatic carbocycles. The van der Waals surface area contributed by atoms with Crippen LogP contribution in [-0.4, -0.2) is 12.1 Å². The Balaban J connectivity index is 1.74. The van der Waals surface area contributed by atoms with Crippen LogP contribution in [-0.2, 0) is 0 Å². The van der Waals surface area contributed by atoms with Crippen LogP contribution in [0.2, 0.25) is 0 Å². The van der Waals surface area contributed by atoms with Crippen LogP contribution in [0.4, 0.5) is 0 Å². The van der Waals surface area contributed by atoms with E-state index >= 15 is 0 Å². The normalized spacial score (nSPS) is 12.9. The molecule has 0 aliphatic heterocycles. The van der Waals surface area contributed by atoms with Crippen LogP contribution in [0.1, 0.15) is 39.1 Å². The van der Waals surface area contributed by atoms with Gasteiger partial charge in [-0.2, -0.15) is 0 Å². The number of aliphatic imine (C=N–C) groups is 1. The maximum Gasteiger partial charge on any atom is 0.251 e. The number of benzene rings is 4. The van der Waals surface area contributed by atoms with Crippen molar-refractivity contribution in [1.29, 1.82) is 0 Å². The van der Waals surface area contributed by atoms with Gasteiger partial charge in [0.05, 0.1) is 12.1 Å². The molecule has 152 valence electrons. The molecule has 4 rings (SSSR count). The van der Waals surface area contributed by atoms with Gasteiger partial charge in [0.15, 0.2) is 0 Å². The molecule has 0 saturated carbocycles. The molecule has 0 aromatic heterocycles. The Morgan fingerprint density at radius 3 is 1.71 bits per heavy atom. The van der Waals surface area contributed by atoms with Crippen LogP contribution >= 0.6 is 0 Å². The van der Waals surface area contributed by atoms with E-state index in [9.17, 15) is 4.79 Å². The monoisotopic (exact) mass is 404 g/mol. The first kappa shape index (κ1) is 20.3. The summed E-state index contributed by atoms with van der Waals surface area (Å²) in [7, 11) is 0. The van der Waals surface area contributed by atoms with E-state index in [1.165, 1.54) is 0 Å². The predicted octanol–water partition coefficient (Wildman–Crippen LogP) is 6.02. The number of hydrogen-bond acceptors (Lipinski definition) is 2. The zero-order valence-corrected chi connectivity index (χ0v) is 17.1. The number of hydrogen-bond donors (Lipinski definition) is 1. The second-order valence-electron chi connectivity index (χ2n) is 7.27. The fourth-order valence-electron chi connectivity index (χ4n) is 3.54. The summed E-state index contributed by atoms with van der Waals surface area (Å²) in [6, 6.07) is 38.8. The highest BCUT2D eigenvalue weighted by Gasteiger charge is 2.26. The van der Waals surface area contributed by atoms with Crippen molar-refractivity contribution < 1.29 is 4.79 Å². The van der Waals surface area contributed by atoms with E-state index in [2.05, 4.69) is 17.4 Å². The second-order valence-corrected chi connectivity index (χ2v) is 7.27. The van der Waals surface area contributed by atoms with E-state index in [1.807, 2.05) is 115 Å². The molecule has 0 saturated heterocycles. The van der Waals surface area contributed by atoms with E-state index in [0.29, 0.717) is 5.56 Å². The minimum Gasteiger partial charge on any atom is -0.343 e. The minimum absolute atomic E-state index is 0.120. The smallest absolute Gasteiger partial charge is 0.251 e. The van der Waals surface area contributed by atoms with Crippen molar-refractivity contribution in [3.63, 3.8) is 0 Å². The van der Waals surface area contributed by atoms with Crippen LogP contribution in [0.25, 0.3) is 0 Å². The second kappa shape index (κ2) is 10.2. The van der Waals surface area contributed by atoms with Gasteiger partial charge in [0.2, 0.25) is 0 Å². The van der Waals surface area contributed by atoms with Crippen LogP contribution < -0.4 is 5.32 Å². The third kappa shape index (κ3) is 5.34. The Labute approximate surface area is 183 Å². The molecule has 0 heterocycles. The maximum atomic E-state index is 13.1. The molecule has 0 bridgehead atoms. The third-order valence-electron chi connectivity index (χ3n) is 5.12. The Bertz CT molecular complexity index is 1110. The molecule has 31 heavy (non-hydrogen) atoms. The van der Waals surface area contributed by atoms with Crippen molar-refractivity contribution in [2.75, 3.05) is 0 Å². The Hall–Kier alpha value is -3.98. The van der Waals surface area contributed by atoms with Crippen LogP contribution in [0.15, 0.2) is 126 Å². The number of carbonyl (C=O) groups excluding carboxylic acids is 1. The fourth-order valence-corrected chi connectivity index (χ4v) is 3.54. The highest BCUT2D eigenvalue weighted by atomic mass is 16.1. The van der Waals surface area contributed by atoms with Gasteiger partial charge in [-0.25, -0.2) is 0 Å². The van der Waals surface area contributed by atoms with Crippen LogP contribution in [0, 0.1) is 0 Å². The van der Waals surface area contributed by atoms with Gasteiger partial charge in [0, 0.05) is 11.8 Å². The number of rotatable bonds is 7. The standard InChI is InChI=1S/C28H24N2O/c31-28(25-19-11-4-12-20-25)30-27(24-17-9-3-10-18-24)26(23-15-7-2-8-16-23)29-21-22-13-5-1-6-14-22/h1-21,26-27H,(H,30,31)/t26-,27+/m0/s1. The predicted molar refractivity (Wildman–Crippen MR) is 126 cm³/mol. The lowest BCUT2D eigenvalue weighted by Gasteiger charge is -2.26. The maximum absolute atomic E-state index is 13.1. The molecular formula is C28H24N2O. The Morgan fingerprint density at radius 1 is 0.645 bits per heavy atom. The van der Waals surface area contributed by atoms with Crippen LogP contribution in [0.5, 0.6) is 0 Å². The van der Waals surface area contributed by atoms with Gasteiger partial charge in [-0.1, -0.05) is 109 Å². The van der Waals surface area contributed by atoms with E-state index in [-0.39, 0.29) is 18.0 Å². The lowest BCUT2D eigenvalue weighted by atomic mass is 9.93. The molecule has 4 aromatic rings. The summed E-state index contributed by atoms with van der Waals surface area (Å²) in [5.74, 6) is -0.120. The average molecular weight is 405 g/mol. The lowest BCUT2D eigenvalue weighted by Crippen LogP contribution is -2.32. The molecule has 0 aliphatic carbocycles. The van der Waals surface area contributed by atoms with Crippen molar-refractivity contribution in [2.45, 2.75) is 12.1 Å². The van der Waals surface area contributed by atoms with Crippen molar-refractivity contribution in [2.24, 2.45) is 4.99 Å². The van der Waals surface area contributed by atoms with Gasteiger partial charge in [-0.3, -0.25) is 9.79 Å². The topological polar surface area (TPSA) is 41.5 Å². The van der Waals surface area contributed by atoms with Crippen molar-refractivity contribution >= 4 is 12.1 Å². The highest BCUT2D eigenvalue weighted by Crippen LogP contribution is 2.32. The Kier molecular flexibility index (Phi) is 6.66. The summed E-state index contributed by atoms with van der Waals surface area (Å²) < 4.78 is 0. The SMILES string of the molecule is O=C(N[C@H](c1ccccc1)[C@@H](N=Cc1ccccc1)c1ccccc1)c1ccccc1. The van der Waals surface area contributed by atoms with E-state index < -0.39 is 0 Å². The summed E-state index contributed by atoms with van der Waals surface area (Å²) >= 11 is 0. The minimum atomic E-state index is -0.323. The molecule has 0 fully saturated rings. The summed E-state index contributed by atoms with van der Waals surface area (Å²) in [6.45, 7) is 0. The first-order chi connectivity index (χ1) is 15.3. The fraction of sp³-hybridized carbons (Fsp3) is 0.0714. The molecule has 3 nitrogen and oxygen atoms in total. The lowest BCUT2D eigenvalue weighted by molar-refractivity contribution is 0.0930. The third-order valence-corrected chi connectivity index (χ3v) is 5.12. The van der Waals surface area contributed by atoms with Crippen molar-refractivity contribution in [3.8, 4) is 0 Å². The zero-order valence-electron chi connectivity index (χ0n) is 17.1. The number of amides is 1. The number of carbonyl (C=O) groups is 1. The van der Waals surface area contributed by atoms with Gasteiger partial charge < -0.3 is 5.32 Å². The molecule has 0 aliphatic rings. The van der Waals surface area contributed by atoms with Gasteiger partial charge in [0.25, 0.3) is 5.91 Å². The molecule has 0 unspecified atom stereocenters. The quantitative estimate of drug-likeness (QED) is 0.376. The summed E-state index contributed by atoms with van der Waals surface area (Å²) in [5, 5.41) is 3.23. The highest BCUT2D eigenvalue weighted by molar-refractivity contribution is 5.94. The van der Waals surface area contributed by atoms with Gasteiger partial charge in [-0.05, 0) is 28.8 Å². The average Bonchev–Trinajstić information content (AvgIpc) is 2.86. The van der Waals surface area contributed by atoms with Crippen molar-refractivity contribution in [3.05, 3.63) is 144 Å². The zero-order chi connectivity index (χ0) is 21.3. The largest absolute Gasteiger partial charge is 0.343 e. The van der Waals surface area contributed by atoms with E-state index in [0.717, 1.165) is 16.7 Å². The molecule has 0 radical (unpaired) electrons. The number of nitrogens with zero attached hydrogens (tertiary/aromatic N) is 1. The molecule has 3 heteroatoms. The van der Waals surface area contributed by atoms with Crippen molar-refractivity contribution in [1.82, 2.24) is 5.32 Å². The van der Waals surface area contributed by atoms with E-state index in [4.69, 9.17) is 4.99 Å². The van der Waals surface area contributed by atoms with Gasteiger partial charge in [0.1, 0.15) is 0 Å². The molecular weight excluding hydrogens is 380 g/mol. The molecule has 1 N–H and O–H groups in total. The molecule has 1 amide bonds. The van der Waals surface area contributed by atoms with Crippen LogP contribution in [0.3, 0.4) is 0 Å². The van der Waals surface area contributed by atoms with E-state index in [1.54, 1.807) is 0 Å². The first-order valence-corrected chi connectivity index (χ1v) is 10.4. The Morgan fingerprint density at radius 2 is 1.13 bits per heavy atom. The van der Waals surface area contributed by atoms with Gasteiger partial charge >= 0.3 is 0 Å². The summed E-state index contributed by atoms with van der Waals surface area (Å²) in [6.07, 6.45) is 1.88. The number of nitrogens with one attached hydrogen (secondary N) is 1. The molecule has 0 spiro atoms. The molecule has 2 atom stereocenters. The summed E-state index contributed by atoms with van der Waals surface area (Å²) in [5.41, 5.74) is 3.69. The van der Waals surface area contributed by atoms with Gasteiger partial charge in [-0.15, -0.1) is 0 Å². The first-order valence-electron chi connectivity index (χ1n) is 10.4.